The lowest BCUT2D eigenvalue weighted by atomic mass is 10.1. The third kappa shape index (κ3) is 4.53. The minimum atomic E-state index is -4.45. The van der Waals surface area contributed by atoms with Crippen molar-refractivity contribution in [3.05, 3.63) is 65.7 Å². The van der Waals surface area contributed by atoms with Gasteiger partial charge in [-0.15, -0.1) is 0 Å². The molecular formula is C19H19F3N2O3S. The van der Waals surface area contributed by atoms with Gasteiger partial charge in [-0.1, -0.05) is 18.2 Å². The monoisotopic (exact) mass is 412 g/mol. The molecule has 1 aliphatic heterocycles. The van der Waals surface area contributed by atoms with Gasteiger partial charge in [-0.3, -0.25) is 4.79 Å². The second-order valence-corrected chi connectivity index (χ2v) is 8.48. The number of nitrogens with one attached hydrogen (secondary N) is 1. The van der Waals surface area contributed by atoms with Crippen LogP contribution in [-0.2, 0) is 16.2 Å². The highest BCUT2D eigenvalue weighted by Gasteiger charge is 2.31. The maximum atomic E-state index is 12.6. The van der Waals surface area contributed by atoms with Gasteiger partial charge in [-0.25, -0.2) is 8.42 Å². The first-order valence-electron chi connectivity index (χ1n) is 8.71. The Bertz CT molecular complexity index is 921. The van der Waals surface area contributed by atoms with Crippen LogP contribution in [0.2, 0.25) is 0 Å². The first-order valence-corrected chi connectivity index (χ1v) is 10.2. The number of piperidine rings is 1. The number of sulfonamides is 1. The van der Waals surface area contributed by atoms with Crippen LogP contribution >= 0.6 is 0 Å². The Hall–Kier alpha value is -2.39. The summed E-state index contributed by atoms with van der Waals surface area (Å²) in [4.78, 5) is 12.5. The molecule has 0 unspecified atom stereocenters. The van der Waals surface area contributed by atoms with Crippen molar-refractivity contribution in [2.75, 3.05) is 13.1 Å². The zero-order valence-corrected chi connectivity index (χ0v) is 15.6. The van der Waals surface area contributed by atoms with Crippen molar-refractivity contribution in [1.29, 1.82) is 0 Å². The second-order valence-electron chi connectivity index (χ2n) is 6.54. The van der Waals surface area contributed by atoms with E-state index in [0.717, 1.165) is 24.3 Å². The maximum Gasteiger partial charge on any atom is 0.416 e. The normalized spacial score (nSPS) is 16.7. The van der Waals surface area contributed by atoms with Crippen LogP contribution in [0.15, 0.2) is 59.5 Å². The molecule has 28 heavy (non-hydrogen) atoms. The number of hydrogen-bond donors (Lipinski definition) is 1. The number of hydrogen-bond acceptors (Lipinski definition) is 3. The van der Waals surface area contributed by atoms with Crippen molar-refractivity contribution in [1.82, 2.24) is 9.62 Å². The third-order valence-electron chi connectivity index (χ3n) is 4.64. The summed E-state index contributed by atoms with van der Waals surface area (Å²) in [7, 11) is -3.57. The van der Waals surface area contributed by atoms with Crippen LogP contribution in [0.4, 0.5) is 13.2 Å². The van der Waals surface area contributed by atoms with Gasteiger partial charge in [0.15, 0.2) is 0 Å². The lowest BCUT2D eigenvalue weighted by Crippen LogP contribution is -2.46. The van der Waals surface area contributed by atoms with Crippen LogP contribution < -0.4 is 5.32 Å². The number of amides is 1. The van der Waals surface area contributed by atoms with Crippen molar-refractivity contribution >= 4 is 15.9 Å². The van der Waals surface area contributed by atoms with E-state index in [1.54, 1.807) is 18.2 Å². The molecule has 3 rings (SSSR count). The fourth-order valence-corrected chi connectivity index (χ4v) is 4.55. The summed E-state index contributed by atoms with van der Waals surface area (Å²) in [5.74, 6) is -0.474. The van der Waals surface area contributed by atoms with Gasteiger partial charge < -0.3 is 5.32 Å². The van der Waals surface area contributed by atoms with E-state index in [-0.39, 0.29) is 29.6 Å². The van der Waals surface area contributed by atoms with Crippen molar-refractivity contribution in [2.24, 2.45) is 0 Å². The van der Waals surface area contributed by atoms with Gasteiger partial charge in [0.25, 0.3) is 5.91 Å². The molecule has 5 nitrogen and oxygen atoms in total. The molecule has 2 aromatic carbocycles. The summed E-state index contributed by atoms with van der Waals surface area (Å²) in [5, 5.41) is 2.76. The molecule has 1 amide bonds. The predicted molar refractivity (Wildman–Crippen MR) is 97.1 cm³/mol. The van der Waals surface area contributed by atoms with Gasteiger partial charge >= 0.3 is 6.18 Å². The number of halogens is 3. The van der Waals surface area contributed by atoms with Gasteiger partial charge in [0.2, 0.25) is 10.0 Å². The van der Waals surface area contributed by atoms with E-state index < -0.39 is 27.7 Å². The van der Waals surface area contributed by atoms with E-state index in [1.165, 1.54) is 16.4 Å². The SMILES string of the molecule is O=C(NC1CCN(S(=O)(=O)c2ccccc2)CC1)c1ccc(C(F)(F)F)cc1. The molecular weight excluding hydrogens is 393 g/mol. The van der Waals surface area contributed by atoms with Crippen LogP contribution in [0.25, 0.3) is 0 Å². The number of alkyl halides is 3. The van der Waals surface area contributed by atoms with E-state index in [2.05, 4.69) is 5.32 Å². The maximum absolute atomic E-state index is 12.6. The van der Waals surface area contributed by atoms with Gasteiger partial charge in [0.1, 0.15) is 0 Å². The summed E-state index contributed by atoms with van der Waals surface area (Å²) < 4.78 is 64.4. The van der Waals surface area contributed by atoms with Crippen LogP contribution in [0.1, 0.15) is 28.8 Å². The zero-order valence-electron chi connectivity index (χ0n) is 14.8. The molecule has 150 valence electrons. The van der Waals surface area contributed by atoms with Crippen LogP contribution in [0, 0.1) is 0 Å². The first-order chi connectivity index (χ1) is 13.2. The molecule has 2 aromatic rings. The van der Waals surface area contributed by atoms with E-state index in [1.807, 2.05) is 0 Å². The van der Waals surface area contributed by atoms with E-state index >= 15 is 0 Å². The predicted octanol–water partition coefficient (Wildman–Crippen LogP) is 3.29. The number of carbonyl (C=O) groups excluding carboxylic acids is 1. The highest BCUT2D eigenvalue weighted by atomic mass is 32.2. The summed E-state index contributed by atoms with van der Waals surface area (Å²) in [6.07, 6.45) is -3.59. The Kier molecular flexibility index (Phi) is 5.76. The Morgan fingerprint density at radius 1 is 0.964 bits per heavy atom. The highest BCUT2D eigenvalue weighted by Crippen LogP contribution is 2.29. The molecule has 0 spiro atoms. The molecule has 9 heteroatoms. The van der Waals surface area contributed by atoms with E-state index in [9.17, 15) is 26.4 Å². The van der Waals surface area contributed by atoms with Crippen molar-refractivity contribution in [3.8, 4) is 0 Å². The molecule has 0 atom stereocenters. The Morgan fingerprint density at radius 2 is 1.54 bits per heavy atom. The van der Waals surface area contributed by atoms with Crippen LogP contribution in [0.5, 0.6) is 0 Å². The standard InChI is InChI=1S/C19H19F3N2O3S/c20-19(21,22)15-8-6-14(7-9-15)18(25)23-16-10-12-24(13-11-16)28(26,27)17-4-2-1-3-5-17/h1-9,16H,10-13H2,(H,23,25). The van der Waals surface area contributed by atoms with Gasteiger partial charge in [0, 0.05) is 24.7 Å². The van der Waals surface area contributed by atoms with Crippen molar-refractivity contribution in [3.63, 3.8) is 0 Å². The molecule has 1 fully saturated rings. The van der Waals surface area contributed by atoms with Gasteiger partial charge in [0.05, 0.1) is 10.5 Å². The third-order valence-corrected chi connectivity index (χ3v) is 6.56. The highest BCUT2D eigenvalue weighted by molar-refractivity contribution is 7.89. The summed E-state index contributed by atoms with van der Waals surface area (Å²) in [6, 6.07) is 11.9. The summed E-state index contributed by atoms with van der Waals surface area (Å²) in [6.45, 7) is 0.518. The molecule has 1 saturated heterocycles. The Balaban J connectivity index is 1.58. The van der Waals surface area contributed by atoms with Crippen LogP contribution in [0.3, 0.4) is 0 Å². The quantitative estimate of drug-likeness (QED) is 0.838. The second kappa shape index (κ2) is 7.92. The smallest absolute Gasteiger partial charge is 0.349 e. The molecule has 0 aromatic heterocycles. The largest absolute Gasteiger partial charge is 0.416 e. The first kappa shape index (κ1) is 20.3. The summed E-state index contributed by atoms with van der Waals surface area (Å²) in [5.41, 5.74) is -0.684. The van der Waals surface area contributed by atoms with Crippen molar-refractivity contribution in [2.45, 2.75) is 30.0 Å². The topological polar surface area (TPSA) is 66.5 Å². The number of benzene rings is 2. The Morgan fingerprint density at radius 3 is 2.07 bits per heavy atom. The van der Waals surface area contributed by atoms with Crippen molar-refractivity contribution < 1.29 is 26.4 Å². The van der Waals surface area contributed by atoms with E-state index in [0.29, 0.717) is 12.8 Å². The molecule has 0 aliphatic carbocycles. The average Bonchev–Trinajstić information content (AvgIpc) is 2.68. The lowest BCUT2D eigenvalue weighted by molar-refractivity contribution is -0.137. The van der Waals surface area contributed by atoms with Crippen LogP contribution in [-0.4, -0.2) is 37.8 Å². The molecule has 0 radical (unpaired) electrons. The fraction of sp³-hybridized carbons (Fsp3) is 0.316. The number of rotatable bonds is 4. The minimum absolute atomic E-state index is 0.132. The summed E-state index contributed by atoms with van der Waals surface area (Å²) >= 11 is 0. The molecule has 0 saturated carbocycles. The fourth-order valence-electron chi connectivity index (χ4n) is 3.06. The molecule has 1 N–H and O–H groups in total. The molecule has 1 heterocycles. The van der Waals surface area contributed by atoms with E-state index in [4.69, 9.17) is 0 Å². The average molecular weight is 412 g/mol. The number of nitrogens with zero attached hydrogens (tertiary/aromatic N) is 1. The lowest BCUT2D eigenvalue weighted by Gasteiger charge is -2.31. The zero-order chi connectivity index (χ0) is 20.4. The minimum Gasteiger partial charge on any atom is -0.349 e. The molecule has 0 bridgehead atoms. The Labute approximate surface area is 161 Å². The molecule has 1 aliphatic rings. The van der Waals surface area contributed by atoms with Gasteiger partial charge in [-0.05, 0) is 49.2 Å². The number of carbonyl (C=O) groups is 1. The van der Waals surface area contributed by atoms with Gasteiger partial charge in [-0.2, -0.15) is 17.5 Å².